The van der Waals surface area contributed by atoms with E-state index in [4.69, 9.17) is 21.1 Å². The first-order valence-electron chi connectivity index (χ1n) is 6.76. The molecule has 0 spiro atoms. The Balaban J connectivity index is 1.87. The molecule has 0 atom stereocenters. The molecule has 0 saturated carbocycles. The molecule has 7 heteroatoms. The molecule has 118 valence electrons. The van der Waals surface area contributed by atoms with E-state index in [0.717, 1.165) is 0 Å². The molecule has 2 aromatic carbocycles. The van der Waals surface area contributed by atoms with Crippen LogP contribution in [0, 0.1) is 0 Å². The van der Waals surface area contributed by atoms with E-state index in [1.54, 1.807) is 12.1 Å². The Labute approximate surface area is 136 Å². The molecule has 1 aliphatic heterocycles. The molecular formula is C16H11ClNO5-. The predicted molar refractivity (Wildman–Crippen MR) is 81.2 cm³/mol. The number of anilines is 1. The zero-order chi connectivity index (χ0) is 16.4. The van der Waals surface area contributed by atoms with E-state index >= 15 is 0 Å². The van der Waals surface area contributed by atoms with Crippen molar-refractivity contribution in [3.8, 4) is 11.5 Å². The number of carboxylic acid groups (broad SMARTS) is 1. The molecule has 0 saturated heterocycles. The molecule has 1 heterocycles. The summed E-state index contributed by atoms with van der Waals surface area (Å²) >= 11 is 5.84. The Morgan fingerprint density at radius 3 is 2.52 bits per heavy atom. The SMILES string of the molecule is O=C(Nc1cc(Cl)ccc1C(=O)[O-])c1ccc2c(c1)OCCO2. The number of carbonyl (C=O) groups excluding carboxylic acids is 2. The zero-order valence-electron chi connectivity index (χ0n) is 11.8. The van der Waals surface area contributed by atoms with Gasteiger partial charge in [-0.2, -0.15) is 0 Å². The second-order valence-electron chi connectivity index (χ2n) is 4.79. The van der Waals surface area contributed by atoms with E-state index < -0.39 is 11.9 Å². The molecule has 6 nitrogen and oxygen atoms in total. The second-order valence-corrected chi connectivity index (χ2v) is 5.23. The molecule has 0 bridgehead atoms. The summed E-state index contributed by atoms with van der Waals surface area (Å²) < 4.78 is 10.8. The van der Waals surface area contributed by atoms with Crippen LogP contribution in [0.5, 0.6) is 11.5 Å². The summed E-state index contributed by atoms with van der Waals surface area (Å²) in [6.07, 6.45) is 0. The summed E-state index contributed by atoms with van der Waals surface area (Å²) in [4.78, 5) is 23.4. The van der Waals surface area contributed by atoms with Crippen molar-refractivity contribution >= 4 is 29.2 Å². The predicted octanol–water partition coefficient (Wildman–Crippen LogP) is 1.73. The smallest absolute Gasteiger partial charge is 0.255 e. The normalized spacial score (nSPS) is 12.6. The number of aromatic carboxylic acids is 1. The fraction of sp³-hybridized carbons (Fsp3) is 0.125. The number of benzene rings is 2. The van der Waals surface area contributed by atoms with Crippen LogP contribution in [0.3, 0.4) is 0 Å². The van der Waals surface area contributed by atoms with Crippen LogP contribution in [0.25, 0.3) is 0 Å². The quantitative estimate of drug-likeness (QED) is 0.924. The highest BCUT2D eigenvalue weighted by Gasteiger charge is 2.16. The fourth-order valence-corrected chi connectivity index (χ4v) is 2.35. The van der Waals surface area contributed by atoms with Gasteiger partial charge in [-0.25, -0.2) is 0 Å². The molecule has 1 amide bonds. The van der Waals surface area contributed by atoms with Gasteiger partial charge in [0.15, 0.2) is 11.5 Å². The third-order valence-corrected chi connectivity index (χ3v) is 3.49. The van der Waals surface area contributed by atoms with Crippen LogP contribution in [-0.4, -0.2) is 25.1 Å². The highest BCUT2D eigenvalue weighted by molar-refractivity contribution is 6.31. The van der Waals surface area contributed by atoms with Crippen molar-refractivity contribution in [1.29, 1.82) is 0 Å². The van der Waals surface area contributed by atoms with Crippen LogP contribution in [0.2, 0.25) is 5.02 Å². The summed E-state index contributed by atoms with van der Waals surface area (Å²) in [6, 6.07) is 8.76. The second kappa shape index (κ2) is 6.18. The summed E-state index contributed by atoms with van der Waals surface area (Å²) in [6.45, 7) is 0.858. The lowest BCUT2D eigenvalue weighted by Crippen LogP contribution is -2.25. The van der Waals surface area contributed by atoms with E-state index in [2.05, 4.69) is 5.32 Å². The van der Waals surface area contributed by atoms with Crippen LogP contribution in [0.15, 0.2) is 36.4 Å². The summed E-state index contributed by atoms with van der Waals surface area (Å²) in [5.41, 5.74) is 0.219. The minimum atomic E-state index is -1.40. The maximum absolute atomic E-state index is 12.3. The average molecular weight is 333 g/mol. The Morgan fingerprint density at radius 2 is 1.78 bits per heavy atom. The standard InChI is InChI=1S/C16H12ClNO5/c17-10-2-3-11(16(20)21)12(8-10)18-15(19)9-1-4-13-14(7-9)23-6-5-22-13/h1-4,7-8H,5-6H2,(H,18,19)(H,20,21)/p-1. The lowest BCUT2D eigenvalue weighted by Gasteiger charge is -2.19. The number of halogens is 1. The maximum Gasteiger partial charge on any atom is 0.255 e. The van der Waals surface area contributed by atoms with Crippen LogP contribution in [-0.2, 0) is 0 Å². The number of fused-ring (bicyclic) bond motifs is 1. The van der Waals surface area contributed by atoms with Crippen molar-refractivity contribution in [2.75, 3.05) is 18.5 Å². The molecule has 0 aromatic heterocycles. The fourth-order valence-electron chi connectivity index (χ4n) is 2.18. The van der Waals surface area contributed by atoms with Gasteiger partial charge in [0.2, 0.25) is 0 Å². The third kappa shape index (κ3) is 3.22. The van der Waals surface area contributed by atoms with Crippen molar-refractivity contribution in [2.45, 2.75) is 0 Å². The maximum atomic E-state index is 12.3. The number of carbonyl (C=O) groups is 2. The highest BCUT2D eigenvalue weighted by Crippen LogP contribution is 2.31. The molecular weight excluding hydrogens is 322 g/mol. The van der Waals surface area contributed by atoms with Crippen molar-refractivity contribution < 1.29 is 24.2 Å². The summed E-state index contributed by atoms with van der Waals surface area (Å²) in [7, 11) is 0. The Bertz CT molecular complexity index is 790. The van der Waals surface area contributed by atoms with Crippen LogP contribution >= 0.6 is 11.6 Å². The average Bonchev–Trinajstić information content (AvgIpc) is 2.54. The monoisotopic (exact) mass is 332 g/mol. The number of amides is 1. The number of rotatable bonds is 3. The van der Waals surface area contributed by atoms with Crippen LogP contribution in [0.4, 0.5) is 5.69 Å². The van der Waals surface area contributed by atoms with Gasteiger partial charge in [0, 0.05) is 16.1 Å². The van der Waals surface area contributed by atoms with E-state index in [1.165, 1.54) is 24.3 Å². The number of hydrogen-bond donors (Lipinski definition) is 1. The van der Waals surface area contributed by atoms with Crippen LogP contribution < -0.4 is 19.9 Å². The summed E-state index contributed by atoms with van der Waals surface area (Å²) in [5, 5.41) is 13.9. The van der Waals surface area contributed by atoms with Crippen molar-refractivity contribution in [3.05, 3.63) is 52.5 Å². The molecule has 3 rings (SSSR count). The number of nitrogens with one attached hydrogen (secondary N) is 1. The first kappa shape index (κ1) is 15.2. The number of ether oxygens (including phenoxy) is 2. The minimum Gasteiger partial charge on any atom is -0.545 e. The van der Waals surface area contributed by atoms with E-state index in [9.17, 15) is 14.7 Å². The first-order chi connectivity index (χ1) is 11.0. The summed E-state index contributed by atoms with van der Waals surface area (Å²) in [5.74, 6) is -0.869. The number of hydrogen-bond acceptors (Lipinski definition) is 5. The van der Waals surface area contributed by atoms with Gasteiger partial charge in [-0.15, -0.1) is 0 Å². The largest absolute Gasteiger partial charge is 0.545 e. The van der Waals surface area contributed by atoms with Crippen molar-refractivity contribution in [3.63, 3.8) is 0 Å². The van der Waals surface area contributed by atoms with Crippen LogP contribution in [0.1, 0.15) is 20.7 Å². The highest BCUT2D eigenvalue weighted by atomic mass is 35.5. The van der Waals surface area contributed by atoms with Gasteiger partial charge in [-0.3, -0.25) is 4.79 Å². The van der Waals surface area contributed by atoms with Gasteiger partial charge in [0.1, 0.15) is 13.2 Å². The molecule has 0 unspecified atom stereocenters. The van der Waals surface area contributed by atoms with Gasteiger partial charge < -0.3 is 24.7 Å². The molecule has 0 radical (unpaired) electrons. The molecule has 23 heavy (non-hydrogen) atoms. The number of carboxylic acids is 1. The van der Waals surface area contributed by atoms with E-state index in [0.29, 0.717) is 35.3 Å². The van der Waals surface area contributed by atoms with Gasteiger partial charge in [0.25, 0.3) is 5.91 Å². The zero-order valence-corrected chi connectivity index (χ0v) is 12.6. The van der Waals surface area contributed by atoms with Gasteiger partial charge in [-0.05, 0) is 36.4 Å². The Kier molecular flexibility index (Phi) is 4.08. The van der Waals surface area contributed by atoms with E-state index in [1.807, 2.05) is 0 Å². The first-order valence-corrected chi connectivity index (χ1v) is 7.14. The Hall–Kier alpha value is -2.73. The lowest BCUT2D eigenvalue weighted by atomic mass is 10.1. The molecule has 1 aliphatic rings. The lowest BCUT2D eigenvalue weighted by molar-refractivity contribution is -0.254. The third-order valence-electron chi connectivity index (χ3n) is 3.25. The van der Waals surface area contributed by atoms with Gasteiger partial charge in [-0.1, -0.05) is 11.6 Å². The van der Waals surface area contributed by atoms with Gasteiger partial charge >= 0.3 is 0 Å². The molecule has 0 fully saturated rings. The molecule has 2 aromatic rings. The molecule has 0 aliphatic carbocycles. The topological polar surface area (TPSA) is 87.7 Å². The van der Waals surface area contributed by atoms with Crippen molar-refractivity contribution in [2.24, 2.45) is 0 Å². The minimum absolute atomic E-state index is 0.0670. The van der Waals surface area contributed by atoms with Crippen molar-refractivity contribution in [1.82, 2.24) is 0 Å². The van der Waals surface area contributed by atoms with Gasteiger partial charge in [0.05, 0.1) is 11.7 Å². The van der Waals surface area contributed by atoms with E-state index in [-0.39, 0.29) is 11.3 Å². The Morgan fingerprint density at radius 1 is 1.04 bits per heavy atom. The molecule has 1 N–H and O–H groups in total.